The summed E-state index contributed by atoms with van der Waals surface area (Å²) in [6, 6.07) is 12.3. The Labute approximate surface area is 152 Å². The second-order valence-corrected chi connectivity index (χ2v) is 6.36. The minimum atomic E-state index is -1.13. The minimum Gasteiger partial charge on any atom is -0.322 e. The van der Waals surface area contributed by atoms with E-state index < -0.39 is 17.5 Å². The molecular weight excluding hydrogens is 364 g/mol. The van der Waals surface area contributed by atoms with Crippen LogP contribution in [0.2, 0.25) is 5.02 Å². The molecular formula is C19H10ClF2NOS. The first-order chi connectivity index (χ1) is 12.0. The van der Waals surface area contributed by atoms with E-state index in [1.165, 1.54) is 11.3 Å². The van der Waals surface area contributed by atoms with Gasteiger partial charge in [-0.1, -0.05) is 35.6 Å². The van der Waals surface area contributed by atoms with Crippen molar-refractivity contribution in [3.8, 4) is 11.8 Å². The zero-order valence-corrected chi connectivity index (χ0v) is 14.2. The summed E-state index contributed by atoms with van der Waals surface area (Å²) in [5.41, 5.74) is 1.04. The Morgan fingerprint density at radius 1 is 1.04 bits per heavy atom. The first-order valence-electron chi connectivity index (χ1n) is 7.14. The molecule has 3 aromatic rings. The average Bonchev–Trinajstić information content (AvgIpc) is 3.10. The molecule has 124 valence electrons. The van der Waals surface area contributed by atoms with Crippen LogP contribution in [-0.4, -0.2) is 5.91 Å². The smallest absolute Gasteiger partial charge is 0.257 e. The molecule has 0 aliphatic carbocycles. The fourth-order valence-electron chi connectivity index (χ4n) is 2.05. The molecule has 1 amide bonds. The van der Waals surface area contributed by atoms with Gasteiger partial charge in [0, 0.05) is 11.3 Å². The van der Waals surface area contributed by atoms with Crippen LogP contribution >= 0.6 is 22.9 Å². The van der Waals surface area contributed by atoms with Gasteiger partial charge in [0.05, 0.1) is 15.5 Å². The van der Waals surface area contributed by atoms with Gasteiger partial charge in [-0.2, -0.15) is 0 Å². The number of carbonyl (C=O) groups is 1. The van der Waals surface area contributed by atoms with Crippen molar-refractivity contribution in [2.24, 2.45) is 0 Å². The molecule has 1 aromatic heterocycles. The Bertz CT molecular complexity index is 990. The molecule has 1 heterocycles. The quantitative estimate of drug-likeness (QED) is 0.477. The van der Waals surface area contributed by atoms with E-state index >= 15 is 0 Å². The SMILES string of the molecule is O=C(Nc1cccc(C#Cc2cccs2)c1)c1cc(F)c(F)cc1Cl. The summed E-state index contributed by atoms with van der Waals surface area (Å²) in [5, 5.41) is 4.38. The van der Waals surface area contributed by atoms with E-state index in [4.69, 9.17) is 11.6 Å². The van der Waals surface area contributed by atoms with Gasteiger partial charge in [0.2, 0.25) is 0 Å². The summed E-state index contributed by atoms with van der Waals surface area (Å²) in [6.07, 6.45) is 0. The number of hydrogen-bond acceptors (Lipinski definition) is 2. The van der Waals surface area contributed by atoms with Crippen molar-refractivity contribution >= 4 is 34.5 Å². The van der Waals surface area contributed by atoms with Crippen molar-refractivity contribution in [1.29, 1.82) is 0 Å². The third-order valence-corrected chi connectivity index (χ3v) is 4.32. The highest BCUT2D eigenvalue weighted by molar-refractivity contribution is 7.10. The molecule has 0 radical (unpaired) electrons. The van der Waals surface area contributed by atoms with Crippen LogP contribution in [0.4, 0.5) is 14.5 Å². The Balaban J connectivity index is 1.80. The van der Waals surface area contributed by atoms with Crippen LogP contribution in [0.15, 0.2) is 53.9 Å². The van der Waals surface area contributed by atoms with Crippen LogP contribution in [0.5, 0.6) is 0 Å². The van der Waals surface area contributed by atoms with E-state index in [0.717, 1.165) is 17.0 Å². The lowest BCUT2D eigenvalue weighted by atomic mass is 10.1. The number of halogens is 3. The zero-order valence-electron chi connectivity index (χ0n) is 12.6. The Morgan fingerprint density at radius 3 is 2.60 bits per heavy atom. The fraction of sp³-hybridized carbons (Fsp3) is 0. The van der Waals surface area contributed by atoms with Gasteiger partial charge in [-0.25, -0.2) is 8.78 Å². The van der Waals surface area contributed by atoms with Crippen molar-refractivity contribution in [1.82, 2.24) is 0 Å². The lowest BCUT2D eigenvalue weighted by molar-refractivity contribution is 0.102. The topological polar surface area (TPSA) is 29.1 Å². The maximum Gasteiger partial charge on any atom is 0.257 e. The second kappa shape index (κ2) is 7.47. The molecule has 6 heteroatoms. The van der Waals surface area contributed by atoms with Crippen molar-refractivity contribution < 1.29 is 13.6 Å². The molecule has 1 N–H and O–H groups in total. The van der Waals surface area contributed by atoms with Crippen LogP contribution in [0.25, 0.3) is 0 Å². The third-order valence-electron chi connectivity index (χ3n) is 3.23. The van der Waals surface area contributed by atoms with E-state index in [-0.39, 0.29) is 10.6 Å². The molecule has 0 spiro atoms. The largest absolute Gasteiger partial charge is 0.322 e. The number of nitrogens with one attached hydrogen (secondary N) is 1. The maximum absolute atomic E-state index is 13.3. The van der Waals surface area contributed by atoms with Crippen molar-refractivity contribution in [3.05, 3.63) is 86.6 Å². The van der Waals surface area contributed by atoms with Crippen molar-refractivity contribution in [2.45, 2.75) is 0 Å². The molecule has 0 atom stereocenters. The highest BCUT2D eigenvalue weighted by Gasteiger charge is 2.15. The molecule has 0 bridgehead atoms. The van der Waals surface area contributed by atoms with Crippen LogP contribution in [0.3, 0.4) is 0 Å². The molecule has 3 rings (SSSR count). The van der Waals surface area contributed by atoms with Gasteiger partial charge < -0.3 is 5.32 Å². The summed E-state index contributed by atoms with van der Waals surface area (Å²) in [4.78, 5) is 13.2. The summed E-state index contributed by atoms with van der Waals surface area (Å²) in [7, 11) is 0. The van der Waals surface area contributed by atoms with E-state index in [1.54, 1.807) is 24.3 Å². The lowest BCUT2D eigenvalue weighted by Gasteiger charge is -2.07. The third kappa shape index (κ3) is 4.24. The molecule has 0 aliphatic heterocycles. The fourth-order valence-corrected chi connectivity index (χ4v) is 2.86. The molecule has 0 fully saturated rings. The van der Waals surface area contributed by atoms with Gasteiger partial charge in [0.15, 0.2) is 11.6 Å². The molecule has 0 unspecified atom stereocenters. The maximum atomic E-state index is 13.3. The number of anilines is 1. The van der Waals surface area contributed by atoms with Crippen LogP contribution < -0.4 is 5.32 Å². The van der Waals surface area contributed by atoms with E-state index in [1.807, 2.05) is 17.5 Å². The Hall–Kier alpha value is -2.68. The number of benzene rings is 2. The molecule has 0 aliphatic rings. The van der Waals surface area contributed by atoms with Gasteiger partial charge in [-0.15, -0.1) is 11.3 Å². The normalized spacial score (nSPS) is 10.0. The van der Waals surface area contributed by atoms with E-state index in [0.29, 0.717) is 11.3 Å². The average molecular weight is 374 g/mol. The molecule has 0 saturated carbocycles. The first-order valence-corrected chi connectivity index (χ1v) is 8.40. The van der Waals surface area contributed by atoms with Crippen molar-refractivity contribution in [2.75, 3.05) is 5.32 Å². The van der Waals surface area contributed by atoms with Crippen molar-refractivity contribution in [3.63, 3.8) is 0 Å². The number of thiophene rings is 1. The predicted molar refractivity (Wildman–Crippen MR) is 96.1 cm³/mol. The second-order valence-electron chi connectivity index (χ2n) is 5.01. The van der Waals surface area contributed by atoms with E-state index in [2.05, 4.69) is 17.2 Å². The molecule has 2 aromatic carbocycles. The standard InChI is InChI=1S/C19H10ClF2NOS/c20-16-11-18(22)17(21)10-15(16)19(24)23-13-4-1-3-12(9-13)6-7-14-5-2-8-25-14/h1-5,8-11H,(H,23,24). The number of hydrogen-bond donors (Lipinski definition) is 1. The summed E-state index contributed by atoms with van der Waals surface area (Å²) in [6.45, 7) is 0. The summed E-state index contributed by atoms with van der Waals surface area (Å²) >= 11 is 7.35. The first kappa shape index (κ1) is 17.2. The van der Waals surface area contributed by atoms with Crippen LogP contribution in [0, 0.1) is 23.5 Å². The number of amides is 1. The van der Waals surface area contributed by atoms with Gasteiger partial charge in [0.25, 0.3) is 5.91 Å². The predicted octanol–water partition coefficient (Wildman–Crippen LogP) is 5.33. The van der Waals surface area contributed by atoms with Gasteiger partial charge in [-0.05, 0) is 41.8 Å². The summed E-state index contributed by atoms with van der Waals surface area (Å²) in [5.74, 6) is 3.15. The van der Waals surface area contributed by atoms with Gasteiger partial charge in [-0.3, -0.25) is 4.79 Å². The van der Waals surface area contributed by atoms with Gasteiger partial charge >= 0.3 is 0 Å². The highest BCUT2D eigenvalue weighted by Crippen LogP contribution is 2.21. The zero-order chi connectivity index (χ0) is 17.8. The van der Waals surface area contributed by atoms with Crippen LogP contribution in [0.1, 0.15) is 20.8 Å². The Kier molecular flexibility index (Phi) is 5.13. The summed E-state index contributed by atoms with van der Waals surface area (Å²) < 4.78 is 26.4. The molecule has 2 nitrogen and oxygen atoms in total. The molecule has 0 saturated heterocycles. The minimum absolute atomic E-state index is 0.143. The lowest BCUT2D eigenvalue weighted by Crippen LogP contribution is -2.13. The van der Waals surface area contributed by atoms with Crippen LogP contribution in [-0.2, 0) is 0 Å². The number of rotatable bonds is 2. The van der Waals surface area contributed by atoms with E-state index in [9.17, 15) is 13.6 Å². The van der Waals surface area contributed by atoms with Gasteiger partial charge in [0.1, 0.15) is 0 Å². The Morgan fingerprint density at radius 2 is 1.84 bits per heavy atom. The highest BCUT2D eigenvalue weighted by atomic mass is 35.5. The number of carbonyl (C=O) groups excluding carboxylic acids is 1. The molecule has 25 heavy (non-hydrogen) atoms. The monoisotopic (exact) mass is 373 g/mol.